The Morgan fingerprint density at radius 2 is 2.21 bits per heavy atom. The first-order valence-corrected chi connectivity index (χ1v) is 6.15. The van der Waals surface area contributed by atoms with Crippen molar-refractivity contribution in [2.75, 3.05) is 0 Å². The lowest BCUT2D eigenvalue weighted by Gasteiger charge is -1.99. The van der Waals surface area contributed by atoms with Gasteiger partial charge >= 0.3 is 0 Å². The molecule has 0 aliphatic carbocycles. The number of aromatic nitrogens is 1. The van der Waals surface area contributed by atoms with Crippen LogP contribution in [0.1, 0.15) is 10.6 Å². The molecule has 0 aliphatic rings. The summed E-state index contributed by atoms with van der Waals surface area (Å²) in [6.07, 6.45) is 3.96. The lowest BCUT2D eigenvalue weighted by molar-refractivity contribution is 0.943. The second-order valence-electron chi connectivity index (χ2n) is 3.06. The van der Waals surface area contributed by atoms with Crippen molar-refractivity contribution < 1.29 is 0 Å². The molecule has 72 valence electrons. The summed E-state index contributed by atoms with van der Waals surface area (Å²) in [5.74, 6) is 0. The van der Waals surface area contributed by atoms with Gasteiger partial charge in [0.2, 0.25) is 0 Å². The van der Waals surface area contributed by atoms with Gasteiger partial charge in [-0.05, 0) is 24.1 Å². The Morgan fingerprint density at radius 3 is 2.93 bits per heavy atom. The summed E-state index contributed by atoms with van der Waals surface area (Å²) in [6, 6.07) is 8.43. The standard InChI is InChI=1S/C11H10BrNS/c12-10-3-1-2-9(8-10)4-5-11-13-6-7-14-11/h1-3,6-8H,4-5H2. The molecule has 0 saturated heterocycles. The zero-order chi connectivity index (χ0) is 9.80. The molecule has 1 aromatic carbocycles. The van der Waals surface area contributed by atoms with Crippen LogP contribution >= 0.6 is 27.3 Å². The molecule has 0 aliphatic heterocycles. The molecule has 1 nitrogen and oxygen atoms in total. The van der Waals surface area contributed by atoms with Crippen LogP contribution in [0.2, 0.25) is 0 Å². The van der Waals surface area contributed by atoms with E-state index in [0.717, 1.165) is 17.3 Å². The zero-order valence-electron chi connectivity index (χ0n) is 7.61. The summed E-state index contributed by atoms with van der Waals surface area (Å²) in [4.78, 5) is 4.26. The maximum Gasteiger partial charge on any atom is 0.0928 e. The number of hydrogen-bond donors (Lipinski definition) is 0. The average Bonchev–Trinajstić information content (AvgIpc) is 2.67. The van der Waals surface area contributed by atoms with Gasteiger partial charge in [0, 0.05) is 22.5 Å². The van der Waals surface area contributed by atoms with Gasteiger partial charge in [0.25, 0.3) is 0 Å². The van der Waals surface area contributed by atoms with E-state index in [9.17, 15) is 0 Å². The van der Waals surface area contributed by atoms with Gasteiger partial charge in [-0.15, -0.1) is 11.3 Å². The first kappa shape index (κ1) is 9.87. The predicted octanol–water partition coefficient (Wildman–Crippen LogP) is 3.69. The fourth-order valence-corrected chi connectivity index (χ4v) is 2.39. The summed E-state index contributed by atoms with van der Waals surface area (Å²) in [5, 5.41) is 3.24. The van der Waals surface area contributed by atoms with Gasteiger partial charge in [-0.25, -0.2) is 4.98 Å². The monoisotopic (exact) mass is 267 g/mol. The van der Waals surface area contributed by atoms with E-state index >= 15 is 0 Å². The minimum absolute atomic E-state index is 1.04. The maximum atomic E-state index is 4.26. The van der Waals surface area contributed by atoms with Crippen molar-refractivity contribution in [1.82, 2.24) is 4.98 Å². The highest BCUT2D eigenvalue weighted by molar-refractivity contribution is 9.10. The second-order valence-corrected chi connectivity index (χ2v) is 4.95. The fraction of sp³-hybridized carbons (Fsp3) is 0.182. The lowest BCUT2D eigenvalue weighted by atomic mass is 10.1. The van der Waals surface area contributed by atoms with E-state index in [2.05, 4.69) is 39.1 Å². The summed E-state index contributed by atoms with van der Waals surface area (Å²) >= 11 is 5.19. The molecule has 0 bridgehead atoms. The fourth-order valence-electron chi connectivity index (χ4n) is 1.32. The van der Waals surface area contributed by atoms with E-state index in [0.29, 0.717) is 0 Å². The van der Waals surface area contributed by atoms with Crippen molar-refractivity contribution in [2.45, 2.75) is 12.8 Å². The molecule has 1 heterocycles. The Kier molecular flexibility index (Phi) is 3.32. The van der Waals surface area contributed by atoms with Crippen molar-refractivity contribution in [3.05, 3.63) is 50.9 Å². The minimum atomic E-state index is 1.04. The Bertz CT molecular complexity index is 397. The molecule has 0 amide bonds. The molecule has 0 fully saturated rings. The van der Waals surface area contributed by atoms with E-state index < -0.39 is 0 Å². The second kappa shape index (κ2) is 4.71. The van der Waals surface area contributed by atoms with Crippen molar-refractivity contribution >= 4 is 27.3 Å². The number of hydrogen-bond acceptors (Lipinski definition) is 2. The van der Waals surface area contributed by atoms with Gasteiger partial charge in [-0.3, -0.25) is 0 Å². The molecule has 0 saturated carbocycles. The lowest BCUT2D eigenvalue weighted by Crippen LogP contribution is -1.89. The van der Waals surface area contributed by atoms with E-state index in [1.807, 2.05) is 17.6 Å². The smallest absolute Gasteiger partial charge is 0.0928 e. The van der Waals surface area contributed by atoms with Crippen LogP contribution in [0, 0.1) is 0 Å². The molecule has 1 aromatic heterocycles. The van der Waals surface area contributed by atoms with Crippen molar-refractivity contribution in [3.63, 3.8) is 0 Å². The maximum absolute atomic E-state index is 4.26. The molecule has 0 atom stereocenters. The third kappa shape index (κ3) is 2.66. The molecule has 3 heteroatoms. The highest BCUT2D eigenvalue weighted by Crippen LogP contribution is 2.14. The summed E-state index contributed by atoms with van der Waals surface area (Å²) in [5.41, 5.74) is 1.36. The molecule has 14 heavy (non-hydrogen) atoms. The Hall–Kier alpha value is -0.670. The molecule has 2 rings (SSSR count). The first-order valence-electron chi connectivity index (χ1n) is 4.47. The highest BCUT2D eigenvalue weighted by Gasteiger charge is 1.97. The van der Waals surface area contributed by atoms with E-state index in [4.69, 9.17) is 0 Å². The van der Waals surface area contributed by atoms with Crippen LogP contribution in [0.4, 0.5) is 0 Å². The average molecular weight is 268 g/mol. The third-order valence-corrected chi connectivity index (χ3v) is 3.33. The van der Waals surface area contributed by atoms with Crippen LogP contribution in [0.25, 0.3) is 0 Å². The summed E-state index contributed by atoms with van der Waals surface area (Å²) in [7, 11) is 0. The number of benzene rings is 1. The van der Waals surface area contributed by atoms with E-state index in [1.54, 1.807) is 11.3 Å². The number of thiazole rings is 1. The van der Waals surface area contributed by atoms with Gasteiger partial charge < -0.3 is 0 Å². The number of rotatable bonds is 3. The molecule has 2 aromatic rings. The molecule has 0 radical (unpaired) electrons. The van der Waals surface area contributed by atoms with Crippen molar-refractivity contribution in [2.24, 2.45) is 0 Å². The number of halogens is 1. The van der Waals surface area contributed by atoms with Gasteiger partial charge in [0.05, 0.1) is 5.01 Å². The SMILES string of the molecule is Brc1cccc(CCc2nccs2)c1. The summed E-state index contributed by atoms with van der Waals surface area (Å²) < 4.78 is 1.15. The van der Waals surface area contributed by atoms with Gasteiger partial charge in [-0.1, -0.05) is 28.1 Å². The third-order valence-electron chi connectivity index (χ3n) is 2.00. The Balaban J connectivity index is 1.98. The van der Waals surface area contributed by atoms with Gasteiger partial charge in [-0.2, -0.15) is 0 Å². The minimum Gasteiger partial charge on any atom is -0.250 e. The highest BCUT2D eigenvalue weighted by atomic mass is 79.9. The molecule has 0 spiro atoms. The van der Waals surface area contributed by atoms with Crippen LogP contribution in [0.15, 0.2) is 40.3 Å². The van der Waals surface area contributed by atoms with Gasteiger partial charge in [0.1, 0.15) is 0 Å². The van der Waals surface area contributed by atoms with Crippen LogP contribution in [0.3, 0.4) is 0 Å². The normalized spacial score (nSPS) is 10.4. The van der Waals surface area contributed by atoms with Crippen LogP contribution < -0.4 is 0 Å². The molecular weight excluding hydrogens is 258 g/mol. The molecule has 0 N–H and O–H groups in total. The van der Waals surface area contributed by atoms with Crippen LogP contribution in [0.5, 0.6) is 0 Å². The predicted molar refractivity (Wildman–Crippen MR) is 63.7 cm³/mol. The van der Waals surface area contributed by atoms with Gasteiger partial charge in [0.15, 0.2) is 0 Å². The number of nitrogens with zero attached hydrogens (tertiary/aromatic N) is 1. The Morgan fingerprint density at radius 1 is 1.29 bits per heavy atom. The quantitative estimate of drug-likeness (QED) is 0.827. The first-order chi connectivity index (χ1) is 6.84. The van der Waals surface area contributed by atoms with E-state index in [1.165, 1.54) is 10.6 Å². The number of aryl methyl sites for hydroxylation is 2. The van der Waals surface area contributed by atoms with Crippen LogP contribution in [-0.4, -0.2) is 4.98 Å². The summed E-state index contributed by atoms with van der Waals surface area (Å²) in [6.45, 7) is 0. The zero-order valence-corrected chi connectivity index (χ0v) is 10.0. The van der Waals surface area contributed by atoms with E-state index in [-0.39, 0.29) is 0 Å². The topological polar surface area (TPSA) is 12.9 Å². The molecular formula is C11H10BrNS. The van der Waals surface area contributed by atoms with Crippen molar-refractivity contribution in [1.29, 1.82) is 0 Å². The van der Waals surface area contributed by atoms with Crippen molar-refractivity contribution in [3.8, 4) is 0 Å². The van der Waals surface area contributed by atoms with Crippen LogP contribution in [-0.2, 0) is 12.8 Å². The Labute approximate surface area is 95.9 Å². The molecule has 0 unspecified atom stereocenters. The largest absolute Gasteiger partial charge is 0.250 e.